The molecule has 0 spiro atoms. The van der Waals surface area contributed by atoms with Crippen LogP contribution in [0, 0.1) is 0 Å². The minimum atomic E-state index is 0.778. The lowest BCUT2D eigenvalue weighted by Gasteiger charge is -2.08. The van der Waals surface area contributed by atoms with Crippen LogP contribution in [0.15, 0.2) is 104 Å². The molecule has 1 aliphatic heterocycles. The van der Waals surface area contributed by atoms with E-state index in [1.165, 1.54) is 5.39 Å². The summed E-state index contributed by atoms with van der Waals surface area (Å²) in [6.45, 7) is 0. The highest BCUT2D eigenvalue weighted by Crippen LogP contribution is 2.35. The van der Waals surface area contributed by atoms with Gasteiger partial charge in [0.05, 0.1) is 17.1 Å². The molecule has 152 valence electrons. The first kappa shape index (κ1) is 18.3. The van der Waals surface area contributed by atoms with Gasteiger partial charge in [-0.1, -0.05) is 39.5 Å². The van der Waals surface area contributed by atoms with E-state index in [1.807, 2.05) is 83.3 Å². The third-order valence-corrected chi connectivity index (χ3v) is 5.56. The van der Waals surface area contributed by atoms with E-state index in [2.05, 4.69) is 52.0 Å². The van der Waals surface area contributed by atoms with Crippen LogP contribution in [0.3, 0.4) is 0 Å². The fourth-order valence-corrected chi connectivity index (χ4v) is 4.13. The predicted molar refractivity (Wildman–Crippen MR) is 125 cm³/mol. The molecule has 0 radical (unpaired) electrons. The number of ether oxygens (including phenoxy) is 1. The third-order valence-electron chi connectivity index (χ3n) is 5.56. The number of rotatable bonds is 4. The molecule has 5 aromatic rings. The number of fused-ring (bicyclic) bond motifs is 3. The van der Waals surface area contributed by atoms with E-state index in [0.717, 1.165) is 39.4 Å². The fourth-order valence-electron chi connectivity index (χ4n) is 4.13. The van der Waals surface area contributed by atoms with Crippen molar-refractivity contribution in [3.05, 3.63) is 104 Å². The SMILES string of the molecule is C[N+]1=C=[N+](c2cccc(Oc3ccc4c(c3)c3ccccc3n4-c3ccccn3)c2)C=C1. The van der Waals surface area contributed by atoms with Crippen molar-refractivity contribution in [3.63, 3.8) is 0 Å². The fraction of sp³-hybridized carbons (Fsp3) is 0.0370. The first-order valence-electron chi connectivity index (χ1n) is 10.5. The first-order valence-corrected chi connectivity index (χ1v) is 10.5. The highest BCUT2D eigenvalue weighted by molar-refractivity contribution is 6.09. The molecule has 0 aliphatic carbocycles. The molecular formula is C27H20N4O+2. The molecule has 3 heterocycles. The molecule has 0 saturated heterocycles. The number of benzene rings is 3. The lowest BCUT2D eigenvalue weighted by molar-refractivity contribution is -0.429. The van der Waals surface area contributed by atoms with Crippen molar-refractivity contribution in [1.82, 2.24) is 9.55 Å². The van der Waals surface area contributed by atoms with Crippen LogP contribution in [-0.4, -0.2) is 31.8 Å². The van der Waals surface area contributed by atoms with Gasteiger partial charge in [0.15, 0.2) is 7.05 Å². The van der Waals surface area contributed by atoms with Gasteiger partial charge in [0.25, 0.3) is 6.20 Å². The van der Waals surface area contributed by atoms with Crippen molar-refractivity contribution in [2.75, 3.05) is 7.05 Å². The Morgan fingerprint density at radius 3 is 2.47 bits per heavy atom. The summed E-state index contributed by atoms with van der Waals surface area (Å²) in [4.78, 5) is 4.58. The Morgan fingerprint density at radius 2 is 1.62 bits per heavy atom. The van der Waals surface area contributed by atoms with E-state index in [1.54, 1.807) is 0 Å². The number of hydrogen-bond donors (Lipinski definition) is 0. The Hall–Kier alpha value is -4.47. The van der Waals surface area contributed by atoms with E-state index < -0.39 is 0 Å². The Bertz CT molecular complexity index is 1590. The molecule has 0 fully saturated rings. The van der Waals surface area contributed by atoms with Gasteiger partial charge in [-0.05, 0) is 42.5 Å². The van der Waals surface area contributed by atoms with E-state index in [0.29, 0.717) is 0 Å². The topological polar surface area (TPSA) is 33.1 Å². The van der Waals surface area contributed by atoms with Gasteiger partial charge >= 0.3 is 6.01 Å². The molecule has 0 atom stereocenters. The molecule has 6 rings (SSSR count). The standard InChI is InChI=1S/C27H20N4O/c1-29-15-16-30(19-29)20-7-6-8-21(17-20)32-22-12-13-26-24(18-22)23-9-2-3-10-25(23)31(26)27-11-4-5-14-28-27/h2-18H,1H3/q+2. The van der Waals surface area contributed by atoms with Gasteiger partial charge in [0.1, 0.15) is 17.3 Å². The molecule has 3 aromatic carbocycles. The second-order valence-corrected chi connectivity index (χ2v) is 7.70. The van der Waals surface area contributed by atoms with Gasteiger partial charge < -0.3 is 4.74 Å². The molecule has 0 saturated carbocycles. The largest absolute Gasteiger partial charge is 0.495 e. The van der Waals surface area contributed by atoms with Crippen LogP contribution >= 0.6 is 0 Å². The molecule has 5 nitrogen and oxygen atoms in total. The maximum absolute atomic E-state index is 6.26. The second-order valence-electron chi connectivity index (χ2n) is 7.70. The summed E-state index contributed by atoms with van der Waals surface area (Å²) in [5.41, 5.74) is 3.22. The van der Waals surface area contributed by atoms with E-state index >= 15 is 0 Å². The van der Waals surface area contributed by atoms with Crippen molar-refractivity contribution >= 4 is 33.5 Å². The number of pyridine rings is 1. The van der Waals surface area contributed by atoms with E-state index in [-0.39, 0.29) is 0 Å². The lowest BCUT2D eigenvalue weighted by Crippen LogP contribution is -1.96. The van der Waals surface area contributed by atoms with E-state index in [4.69, 9.17) is 4.74 Å². The minimum Gasteiger partial charge on any atom is -0.457 e. The zero-order valence-corrected chi connectivity index (χ0v) is 17.5. The third kappa shape index (κ3) is 3.09. The minimum absolute atomic E-state index is 0.778. The molecular weight excluding hydrogens is 396 g/mol. The second kappa shape index (κ2) is 7.34. The molecule has 2 aromatic heterocycles. The van der Waals surface area contributed by atoms with Crippen molar-refractivity contribution < 1.29 is 13.9 Å². The van der Waals surface area contributed by atoms with Crippen LogP contribution < -0.4 is 4.74 Å². The molecule has 0 N–H and O–H groups in total. The monoisotopic (exact) mass is 416 g/mol. The average Bonchev–Trinajstić information content (AvgIpc) is 3.41. The van der Waals surface area contributed by atoms with Gasteiger partial charge in [-0.25, -0.2) is 4.98 Å². The Kier molecular flexibility index (Phi) is 4.20. The number of para-hydroxylation sites is 1. The summed E-state index contributed by atoms with van der Waals surface area (Å²) in [5, 5.41) is 2.30. The zero-order valence-electron chi connectivity index (χ0n) is 17.5. The quantitative estimate of drug-likeness (QED) is 0.341. The normalized spacial score (nSPS) is 12.9. The maximum Gasteiger partial charge on any atom is 0.495 e. The highest BCUT2D eigenvalue weighted by atomic mass is 16.5. The smallest absolute Gasteiger partial charge is 0.457 e. The van der Waals surface area contributed by atoms with Crippen LogP contribution in [-0.2, 0) is 0 Å². The zero-order chi connectivity index (χ0) is 21.5. The molecule has 0 unspecified atom stereocenters. The number of hydrogen-bond acceptors (Lipinski definition) is 2. The number of nitrogens with zero attached hydrogens (tertiary/aromatic N) is 4. The summed E-state index contributed by atoms with van der Waals surface area (Å²) in [5.74, 6) is 2.47. The van der Waals surface area contributed by atoms with Crippen LogP contribution in [0.4, 0.5) is 5.69 Å². The van der Waals surface area contributed by atoms with Crippen molar-refractivity contribution in [3.8, 4) is 17.3 Å². The molecule has 32 heavy (non-hydrogen) atoms. The first-order chi connectivity index (χ1) is 15.8. The maximum atomic E-state index is 6.26. The van der Waals surface area contributed by atoms with E-state index in [9.17, 15) is 0 Å². The van der Waals surface area contributed by atoms with Crippen LogP contribution in [0.2, 0.25) is 0 Å². The summed E-state index contributed by atoms with van der Waals surface area (Å²) >= 11 is 0. The molecule has 0 bridgehead atoms. The Labute approximate surface area is 185 Å². The summed E-state index contributed by atoms with van der Waals surface area (Å²) in [7, 11) is 1.95. The average molecular weight is 416 g/mol. The molecule has 1 aliphatic rings. The Balaban J connectivity index is 1.44. The van der Waals surface area contributed by atoms with Crippen LogP contribution in [0.5, 0.6) is 11.5 Å². The van der Waals surface area contributed by atoms with Gasteiger partial charge in [-0.2, -0.15) is 0 Å². The van der Waals surface area contributed by atoms with Crippen LogP contribution in [0.25, 0.3) is 27.6 Å². The summed E-state index contributed by atoms with van der Waals surface area (Å²) in [6, 6.07) is 31.8. The highest BCUT2D eigenvalue weighted by Gasteiger charge is 2.17. The van der Waals surface area contributed by atoms with Gasteiger partial charge in [-0.3, -0.25) is 4.57 Å². The molecule has 5 heteroatoms. The lowest BCUT2D eigenvalue weighted by atomic mass is 10.1. The Morgan fingerprint density at radius 1 is 0.781 bits per heavy atom. The predicted octanol–water partition coefficient (Wildman–Crippen LogP) is 5.92. The molecule has 0 amide bonds. The van der Waals surface area contributed by atoms with Crippen molar-refractivity contribution in [2.45, 2.75) is 0 Å². The van der Waals surface area contributed by atoms with Crippen LogP contribution in [0.1, 0.15) is 0 Å². The van der Waals surface area contributed by atoms with Gasteiger partial charge in [0, 0.05) is 23.0 Å². The van der Waals surface area contributed by atoms with Crippen molar-refractivity contribution in [2.24, 2.45) is 0 Å². The van der Waals surface area contributed by atoms with Crippen molar-refractivity contribution in [1.29, 1.82) is 0 Å². The summed E-state index contributed by atoms with van der Waals surface area (Å²) in [6.07, 6.45) is 5.75. The van der Waals surface area contributed by atoms with Gasteiger partial charge in [-0.15, -0.1) is 0 Å². The van der Waals surface area contributed by atoms with Gasteiger partial charge in [0.2, 0.25) is 11.9 Å². The number of aromatic nitrogens is 2. The summed E-state index contributed by atoms with van der Waals surface area (Å²) < 4.78 is 12.3.